The summed E-state index contributed by atoms with van der Waals surface area (Å²) in [6.07, 6.45) is 8.85. The summed E-state index contributed by atoms with van der Waals surface area (Å²) in [6, 6.07) is 2.69. The van der Waals surface area contributed by atoms with Gasteiger partial charge in [-0.3, -0.25) is 0 Å². The third-order valence-electron chi connectivity index (χ3n) is 5.29. The van der Waals surface area contributed by atoms with Gasteiger partial charge in [-0.05, 0) is 58.2 Å². The van der Waals surface area contributed by atoms with Crippen LogP contribution in [0, 0.1) is 0 Å². The lowest BCUT2D eigenvalue weighted by Gasteiger charge is -2.35. The van der Waals surface area contributed by atoms with Gasteiger partial charge in [0.15, 0.2) is 5.11 Å². The molecule has 2 N–H and O–H groups in total. The van der Waals surface area contributed by atoms with Gasteiger partial charge >= 0.3 is 0 Å². The number of anilines is 3. The van der Waals surface area contributed by atoms with Crippen molar-refractivity contribution in [2.24, 2.45) is 0 Å². The Balaban J connectivity index is 1.88. The van der Waals surface area contributed by atoms with Gasteiger partial charge in [-0.25, -0.2) is 0 Å². The van der Waals surface area contributed by atoms with E-state index in [-0.39, 0.29) is 0 Å². The number of hydrogen-bond acceptors (Lipinski definition) is 5. The van der Waals surface area contributed by atoms with Gasteiger partial charge in [0.05, 0.1) is 0 Å². The van der Waals surface area contributed by atoms with E-state index in [1.54, 1.807) is 0 Å². The molecule has 0 aromatic carbocycles. The third-order valence-corrected chi connectivity index (χ3v) is 5.54. The Kier molecular flexibility index (Phi) is 6.88. The number of thiocarbonyl (C=S) groups is 1. The van der Waals surface area contributed by atoms with E-state index in [1.165, 1.54) is 44.9 Å². The molecular weight excluding hydrogens is 344 g/mol. The largest absolute Gasteiger partial charge is 0.363 e. The molecule has 2 aliphatic rings. The SMILES string of the molecule is CCNC(=S)Nc1nc(N2CCCCCC2)cc(N2CCCCC2C)n1. The van der Waals surface area contributed by atoms with Gasteiger partial charge in [-0.2, -0.15) is 9.97 Å². The Bertz CT molecular complexity index is 600. The molecule has 0 radical (unpaired) electrons. The number of nitrogens with zero attached hydrogens (tertiary/aromatic N) is 4. The van der Waals surface area contributed by atoms with Crippen LogP contribution in [0.5, 0.6) is 0 Å². The van der Waals surface area contributed by atoms with Gasteiger partial charge in [0, 0.05) is 38.3 Å². The lowest BCUT2D eigenvalue weighted by Crippen LogP contribution is -2.38. The molecule has 26 heavy (non-hydrogen) atoms. The van der Waals surface area contributed by atoms with Crippen molar-refractivity contribution in [3.63, 3.8) is 0 Å². The molecule has 3 heterocycles. The molecule has 3 rings (SSSR count). The quantitative estimate of drug-likeness (QED) is 0.780. The fourth-order valence-corrected chi connectivity index (χ4v) is 4.07. The molecule has 0 spiro atoms. The van der Waals surface area contributed by atoms with Crippen LogP contribution in [0.1, 0.15) is 58.8 Å². The van der Waals surface area contributed by atoms with Crippen LogP contribution in [0.4, 0.5) is 17.6 Å². The van der Waals surface area contributed by atoms with Gasteiger partial charge < -0.3 is 20.4 Å². The molecular formula is C19H32N6S. The zero-order valence-electron chi connectivity index (χ0n) is 16.1. The van der Waals surface area contributed by atoms with E-state index in [2.05, 4.69) is 33.4 Å². The highest BCUT2D eigenvalue weighted by atomic mass is 32.1. The molecule has 2 saturated heterocycles. The minimum absolute atomic E-state index is 0.518. The number of rotatable bonds is 4. The van der Waals surface area contributed by atoms with Crippen molar-refractivity contribution in [2.75, 3.05) is 41.3 Å². The number of hydrogen-bond donors (Lipinski definition) is 2. The lowest BCUT2D eigenvalue weighted by molar-refractivity contribution is 0.481. The molecule has 2 aliphatic heterocycles. The second kappa shape index (κ2) is 9.35. The van der Waals surface area contributed by atoms with E-state index < -0.39 is 0 Å². The van der Waals surface area contributed by atoms with Gasteiger partial charge in [0.1, 0.15) is 11.6 Å². The summed E-state index contributed by atoms with van der Waals surface area (Å²) < 4.78 is 0. The maximum Gasteiger partial charge on any atom is 0.232 e. The van der Waals surface area contributed by atoms with Gasteiger partial charge in [-0.1, -0.05) is 12.8 Å². The maximum atomic E-state index is 5.35. The van der Waals surface area contributed by atoms with E-state index in [4.69, 9.17) is 22.2 Å². The normalized spacial score (nSPS) is 21.2. The highest BCUT2D eigenvalue weighted by molar-refractivity contribution is 7.80. The van der Waals surface area contributed by atoms with Crippen LogP contribution in [-0.4, -0.2) is 47.3 Å². The van der Waals surface area contributed by atoms with Crippen LogP contribution >= 0.6 is 12.2 Å². The minimum atomic E-state index is 0.518. The number of nitrogens with one attached hydrogen (secondary N) is 2. The Morgan fingerprint density at radius 1 is 1.08 bits per heavy atom. The highest BCUT2D eigenvalue weighted by Crippen LogP contribution is 2.28. The fraction of sp³-hybridized carbons (Fsp3) is 0.737. The molecule has 1 unspecified atom stereocenters. The average Bonchev–Trinajstić information content (AvgIpc) is 2.91. The first-order chi connectivity index (χ1) is 12.7. The number of piperidine rings is 1. The summed E-state index contributed by atoms with van der Waals surface area (Å²) in [5.41, 5.74) is 0. The van der Waals surface area contributed by atoms with Gasteiger partial charge in [-0.15, -0.1) is 0 Å². The van der Waals surface area contributed by atoms with E-state index in [9.17, 15) is 0 Å². The Labute approximate surface area is 162 Å². The summed E-state index contributed by atoms with van der Waals surface area (Å²) in [5.74, 6) is 2.65. The first-order valence-electron chi connectivity index (χ1n) is 10.1. The summed E-state index contributed by atoms with van der Waals surface area (Å²) in [5, 5.41) is 6.88. The molecule has 1 aromatic heterocycles. The average molecular weight is 377 g/mol. The highest BCUT2D eigenvalue weighted by Gasteiger charge is 2.22. The Morgan fingerprint density at radius 3 is 2.46 bits per heavy atom. The van der Waals surface area contributed by atoms with Crippen LogP contribution < -0.4 is 20.4 Å². The van der Waals surface area contributed by atoms with E-state index >= 15 is 0 Å². The molecule has 1 atom stereocenters. The van der Waals surface area contributed by atoms with Gasteiger partial charge in [0.25, 0.3) is 0 Å². The first kappa shape index (κ1) is 19.1. The summed E-state index contributed by atoms with van der Waals surface area (Å²) in [4.78, 5) is 14.4. The predicted octanol–water partition coefficient (Wildman–Crippen LogP) is 3.54. The van der Waals surface area contributed by atoms with Crippen LogP contribution in [-0.2, 0) is 0 Å². The monoisotopic (exact) mass is 376 g/mol. The molecule has 0 bridgehead atoms. The summed E-state index contributed by atoms with van der Waals surface area (Å²) >= 11 is 5.35. The van der Waals surface area contributed by atoms with Crippen LogP contribution in [0.25, 0.3) is 0 Å². The zero-order chi connectivity index (χ0) is 18.4. The number of aromatic nitrogens is 2. The van der Waals surface area contributed by atoms with Crippen molar-refractivity contribution in [1.29, 1.82) is 0 Å². The van der Waals surface area contributed by atoms with E-state index in [0.717, 1.165) is 37.8 Å². The van der Waals surface area contributed by atoms with Gasteiger partial charge in [0.2, 0.25) is 5.95 Å². The minimum Gasteiger partial charge on any atom is -0.363 e. The van der Waals surface area contributed by atoms with Crippen molar-refractivity contribution >= 4 is 34.9 Å². The molecule has 144 valence electrons. The molecule has 7 heteroatoms. The van der Waals surface area contributed by atoms with Crippen molar-refractivity contribution in [3.05, 3.63) is 6.07 Å². The lowest BCUT2D eigenvalue weighted by atomic mass is 10.0. The maximum absolute atomic E-state index is 5.35. The molecule has 0 aliphatic carbocycles. The van der Waals surface area contributed by atoms with Crippen molar-refractivity contribution in [2.45, 2.75) is 64.8 Å². The topological polar surface area (TPSA) is 56.3 Å². The standard InChI is InChI=1S/C19H32N6S/c1-3-20-19(26)23-18-21-16(24-11-7-4-5-8-12-24)14-17(22-18)25-13-9-6-10-15(25)2/h14-15H,3-13H2,1-2H3,(H2,20,21,22,23,26). The Morgan fingerprint density at radius 2 is 1.77 bits per heavy atom. The predicted molar refractivity (Wildman–Crippen MR) is 113 cm³/mol. The van der Waals surface area contributed by atoms with Crippen LogP contribution in [0.2, 0.25) is 0 Å². The second-order valence-electron chi connectivity index (χ2n) is 7.33. The van der Waals surface area contributed by atoms with Crippen molar-refractivity contribution < 1.29 is 0 Å². The fourth-order valence-electron chi connectivity index (χ4n) is 3.83. The molecule has 2 fully saturated rings. The first-order valence-corrected chi connectivity index (χ1v) is 10.5. The molecule has 0 saturated carbocycles. The summed E-state index contributed by atoms with van der Waals surface area (Å²) in [7, 11) is 0. The van der Waals surface area contributed by atoms with E-state index in [1.807, 2.05) is 6.92 Å². The van der Waals surface area contributed by atoms with E-state index in [0.29, 0.717) is 17.1 Å². The second-order valence-corrected chi connectivity index (χ2v) is 7.74. The third kappa shape index (κ3) is 4.96. The Hall–Kier alpha value is -1.63. The van der Waals surface area contributed by atoms with Crippen molar-refractivity contribution in [1.82, 2.24) is 15.3 Å². The zero-order valence-corrected chi connectivity index (χ0v) is 16.9. The van der Waals surface area contributed by atoms with Crippen LogP contribution in [0.3, 0.4) is 0 Å². The molecule has 6 nitrogen and oxygen atoms in total. The smallest absolute Gasteiger partial charge is 0.232 e. The summed E-state index contributed by atoms with van der Waals surface area (Å²) in [6.45, 7) is 8.32. The molecule has 1 aromatic rings. The van der Waals surface area contributed by atoms with Crippen LogP contribution in [0.15, 0.2) is 6.07 Å². The molecule has 0 amide bonds. The van der Waals surface area contributed by atoms with Crippen molar-refractivity contribution in [3.8, 4) is 0 Å².